The highest BCUT2D eigenvalue weighted by Crippen LogP contribution is 2.36. The minimum Gasteiger partial charge on any atom is -0.443 e. The highest BCUT2D eigenvalue weighted by molar-refractivity contribution is 5.93. The van der Waals surface area contributed by atoms with Crippen molar-refractivity contribution in [2.45, 2.75) is 32.4 Å². The van der Waals surface area contributed by atoms with Crippen LogP contribution in [0.2, 0.25) is 0 Å². The highest BCUT2D eigenvalue weighted by atomic mass is 16.6. The van der Waals surface area contributed by atoms with Crippen LogP contribution in [-0.4, -0.2) is 18.2 Å². The topological polar surface area (TPSA) is 41.6 Å². The fourth-order valence-electron chi connectivity index (χ4n) is 2.71. The summed E-state index contributed by atoms with van der Waals surface area (Å²) in [6.45, 7) is 6.19. The molecule has 2 aromatic carbocycles. The average molecular weight is 310 g/mol. The van der Waals surface area contributed by atoms with Gasteiger partial charge in [-0.2, -0.15) is 0 Å². The van der Waals surface area contributed by atoms with E-state index in [1.54, 1.807) is 4.90 Å². The lowest BCUT2D eigenvalue weighted by atomic mass is 10.0. The van der Waals surface area contributed by atoms with Gasteiger partial charge in [0.25, 0.3) is 0 Å². The van der Waals surface area contributed by atoms with E-state index in [1.807, 2.05) is 63.2 Å². The molecule has 2 aromatic rings. The average Bonchev–Trinajstić information content (AvgIpc) is 2.53. The Labute approximate surface area is 137 Å². The molecule has 1 aliphatic heterocycles. The van der Waals surface area contributed by atoms with E-state index < -0.39 is 5.60 Å². The highest BCUT2D eigenvalue weighted by Gasteiger charge is 2.31. The first-order valence-electron chi connectivity index (χ1n) is 7.85. The summed E-state index contributed by atoms with van der Waals surface area (Å²) in [4.78, 5) is 14.3. The molecular formula is C19H22N2O2. The monoisotopic (exact) mass is 310 g/mol. The molecule has 0 saturated heterocycles. The molecule has 23 heavy (non-hydrogen) atoms. The third-order valence-electron chi connectivity index (χ3n) is 3.71. The minimum absolute atomic E-state index is 0.0404. The molecule has 1 unspecified atom stereocenters. The summed E-state index contributed by atoms with van der Waals surface area (Å²) in [5.74, 6) is 0. The van der Waals surface area contributed by atoms with Gasteiger partial charge in [-0.3, -0.25) is 4.90 Å². The van der Waals surface area contributed by atoms with Gasteiger partial charge in [0.2, 0.25) is 0 Å². The molecule has 0 bridgehead atoms. The maximum Gasteiger partial charge on any atom is 0.414 e. The Morgan fingerprint density at radius 1 is 1.09 bits per heavy atom. The van der Waals surface area contributed by atoms with Crippen LogP contribution in [0.5, 0.6) is 0 Å². The number of carbonyl (C=O) groups is 1. The lowest BCUT2D eigenvalue weighted by Crippen LogP contribution is -2.43. The number of rotatable bonds is 1. The van der Waals surface area contributed by atoms with Crippen LogP contribution in [0.1, 0.15) is 32.4 Å². The summed E-state index contributed by atoms with van der Waals surface area (Å²) in [6.07, 6.45) is -0.313. The summed E-state index contributed by atoms with van der Waals surface area (Å²) in [7, 11) is 0. The summed E-state index contributed by atoms with van der Waals surface area (Å²) in [6, 6.07) is 18.0. The van der Waals surface area contributed by atoms with Crippen LogP contribution in [0.25, 0.3) is 0 Å². The smallest absolute Gasteiger partial charge is 0.414 e. The Balaban J connectivity index is 1.93. The number of benzene rings is 2. The van der Waals surface area contributed by atoms with Gasteiger partial charge in [0.15, 0.2) is 0 Å². The maximum absolute atomic E-state index is 12.6. The zero-order valence-corrected chi connectivity index (χ0v) is 13.7. The van der Waals surface area contributed by atoms with Crippen molar-refractivity contribution in [3.63, 3.8) is 0 Å². The number of hydrogen-bond acceptors (Lipinski definition) is 3. The number of ether oxygens (including phenoxy) is 1. The Morgan fingerprint density at radius 3 is 2.43 bits per heavy atom. The largest absolute Gasteiger partial charge is 0.443 e. The molecule has 0 aromatic heterocycles. The third-order valence-corrected chi connectivity index (χ3v) is 3.71. The number of fused-ring (bicyclic) bond motifs is 1. The number of hydrogen-bond donors (Lipinski definition) is 1. The SMILES string of the molecule is CC(C)(C)OC(=O)N1CC(c2ccccc2)Nc2ccccc21. The van der Waals surface area contributed by atoms with Gasteiger partial charge in [-0.1, -0.05) is 42.5 Å². The van der Waals surface area contributed by atoms with Gasteiger partial charge in [0, 0.05) is 0 Å². The van der Waals surface area contributed by atoms with Crippen molar-refractivity contribution >= 4 is 17.5 Å². The predicted molar refractivity (Wildman–Crippen MR) is 92.8 cm³/mol. The van der Waals surface area contributed by atoms with E-state index in [9.17, 15) is 4.79 Å². The lowest BCUT2D eigenvalue weighted by Gasteiger charge is -2.36. The van der Waals surface area contributed by atoms with Crippen molar-refractivity contribution in [2.75, 3.05) is 16.8 Å². The second-order valence-electron chi connectivity index (χ2n) is 6.72. The summed E-state index contributed by atoms with van der Waals surface area (Å²) >= 11 is 0. The van der Waals surface area contributed by atoms with Gasteiger partial charge in [-0.05, 0) is 38.5 Å². The molecule has 1 N–H and O–H groups in total. The van der Waals surface area contributed by atoms with E-state index in [0.29, 0.717) is 6.54 Å². The standard InChI is InChI=1S/C19H22N2O2/c1-19(2,3)23-18(22)21-13-16(14-9-5-4-6-10-14)20-15-11-7-8-12-17(15)21/h4-12,16,20H,13H2,1-3H3. The van der Waals surface area contributed by atoms with Gasteiger partial charge in [-0.15, -0.1) is 0 Å². The first kappa shape index (κ1) is 15.4. The number of nitrogens with zero attached hydrogens (tertiary/aromatic N) is 1. The Hall–Kier alpha value is -2.49. The van der Waals surface area contributed by atoms with Crippen molar-refractivity contribution in [3.8, 4) is 0 Å². The maximum atomic E-state index is 12.6. The van der Waals surface area contributed by atoms with Crippen molar-refractivity contribution in [1.29, 1.82) is 0 Å². The van der Waals surface area contributed by atoms with Gasteiger partial charge >= 0.3 is 6.09 Å². The molecular weight excluding hydrogens is 288 g/mol. The molecule has 0 aliphatic carbocycles. The van der Waals surface area contributed by atoms with Crippen LogP contribution in [0.3, 0.4) is 0 Å². The lowest BCUT2D eigenvalue weighted by molar-refractivity contribution is 0.0577. The van der Waals surface area contributed by atoms with Crippen molar-refractivity contribution < 1.29 is 9.53 Å². The normalized spacial score (nSPS) is 17.2. The summed E-state index contributed by atoms with van der Waals surface area (Å²) in [5, 5.41) is 3.51. The van der Waals surface area contributed by atoms with Gasteiger partial charge in [0.05, 0.1) is 24.0 Å². The van der Waals surface area contributed by atoms with E-state index in [2.05, 4.69) is 17.4 Å². The van der Waals surface area contributed by atoms with Crippen LogP contribution in [0.15, 0.2) is 54.6 Å². The molecule has 0 fully saturated rings. The summed E-state index contributed by atoms with van der Waals surface area (Å²) in [5.41, 5.74) is 2.43. The van der Waals surface area contributed by atoms with Crippen molar-refractivity contribution in [2.24, 2.45) is 0 Å². The fraction of sp³-hybridized carbons (Fsp3) is 0.316. The van der Waals surface area contributed by atoms with Crippen LogP contribution in [-0.2, 0) is 4.74 Å². The molecule has 0 radical (unpaired) electrons. The summed E-state index contributed by atoms with van der Waals surface area (Å²) < 4.78 is 5.58. The van der Waals surface area contributed by atoms with Crippen LogP contribution >= 0.6 is 0 Å². The first-order chi connectivity index (χ1) is 10.9. The van der Waals surface area contributed by atoms with Gasteiger partial charge in [-0.25, -0.2) is 4.79 Å². The van der Waals surface area contributed by atoms with Crippen molar-refractivity contribution in [1.82, 2.24) is 0 Å². The molecule has 1 amide bonds. The molecule has 1 atom stereocenters. The number of carbonyl (C=O) groups excluding carboxylic acids is 1. The Bertz CT molecular complexity index is 692. The zero-order valence-electron chi connectivity index (χ0n) is 13.7. The molecule has 0 saturated carbocycles. The van der Waals surface area contributed by atoms with Crippen LogP contribution in [0.4, 0.5) is 16.2 Å². The van der Waals surface area contributed by atoms with E-state index in [1.165, 1.54) is 0 Å². The molecule has 120 valence electrons. The molecule has 0 spiro atoms. The van der Waals surface area contributed by atoms with E-state index in [-0.39, 0.29) is 12.1 Å². The van der Waals surface area contributed by atoms with E-state index >= 15 is 0 Å². The zero-order chi connectivity index (χ0) is 16.4. The van der Waals surface area contributed by atoms with E-state index in [0.717, 1.165) is 16.9 Å². The van der Waals surface area contributed by atoms with E-state index in [4.69, 9.17) is 4.74 Å². The Kier molecular flexibility index (Phi) is 3.99. The predicted octanol–water partition coefficient (Wildman–Crippen LogP) is 4.59. The number of para-hydroxylation sites is 2. The number of amides is 1. The van der Waals surface area contributed by atoms with Gasteiger partial charge in [0.1, 0.15) is 5.60 Å². The Morgan fingerprint density at radius 2 is 1.74 bits per heavy atom. The minimum atomic E-state index is -0.515. The number of anilines is 2. The molecule has 1 heterocycles. The quantitative estimate of drug-likeness (QED) is 0.837. The van der Waals surface area contributed by atoms with Crippen LogP contribution < -0.4 is 10.2 Å². The molecule has 1 aliphatic rings. The third kappa shape index (κ3) is 3.47. The van der Waals surface area contributed by atoms with Crippen molar-refractivity contribution in [3.05, 3.63) is 60.2 Å². The molecule has 4 nitrogen and oxygen atoms in total. The van der Waals surface area contributed by atoms with Crippen LogP contribution in [0, 0.1) is 0 Å². The molecule has 3 rings (SSSR count). The van der Waals surface area contributed by atoms with Gasteiger partial charge < -0.3 is 10.1 Å². The second-order valence-corrected chi connectivity index (χ2v) is 6.72. The first-order valence-corrected chi connectivity index (χ1v) is 7.85. The molecule has 4 heteroatoms. The number of nitrogens with one attached hydrogen (secondary N) is 1. The fourth-order valence-corrected chi connectivity index (χ4v) is 2.71. The second kappa shape index (κ2) is 5.95.